The zero-order valence-electron chi connectivity index (χ0n) is 13.1. The summed E-state index contributed by atoms with van der Waals surface area (Å²) >= 11 is 0. The average molecular weight is 341 g/mol. The molecule has 0 aliphatic rings. The number of carbonyl (C=O) groups is 1. The van der Waals surface area contributed by atoms with Gasteiger partial charge in [-0.05, 0) is 24.1 Å². The van der Waals surface area contributed by atoms with Gasteiger partial charge >= 0.3 is 12.1 Å². The molecule has 128 valence electrons. The third-order valence-electron chi connectivity index (χ3n) is 3.22. The lowest BCUT2D eigenvalue weighted by molar-refractivity contribution is -0.137. The second kappa shape index (κ2) is 6.42. The lowest BCUT2D eigenvalue weighted by Gasteiger charge is -2.12. The minimum Gasteiger partial charge on any atom is -0.465 e. The van der Waals surface area contributed by atoms with Gasteiger partial charge in [0.15, 0.2) is 5.82 Å². The van der Waals surface area contributed by atoms with E-state index in [1.54, 1.807) is 13.8 Å². The predicted octanol–water partition coefficient (Wildman–Crippen LogP) is 2.56. The van der Waals surface area contributed by atoms with Crippen molar-refractivity contribution in [1.82, 2.24) is 14.8 Å². The Bertz CT molecular complexity index is 811. The average Bonchev–Trinajstić information content (AvgIpc) is 2.53. The first-order valence-corrected chi connectivity index (χ1v) is 6.91. The molecule has 2 aromatic heterocycles. The van der Waals surface area contributed by atoms with Gasteiger partial charge in [-0.15, -0.1) is 0 Å². The van der Waals surface area contributed by atoms with Gasteiger partial charge in [0.05, 0.1) is 18.4 Å². The van der Waals surface area contributed by atoms with E-state index in [0.717, 1.165) is 23.9 Å². The highest BCUT2D eigenvalue weighted by molar-refractivity contribution is 5.89. The second-order valence-corrected chi connectivity index (χ2v) is 5.25. The zero-order chi connectivity index (χ0) is 18.1. The maximum atomic E-state index is 12.6. The molecule has 6 nitrogen and oxygen atoms in total. The number of halogens is 3. The molecule has 0 aliphatic heterocycles. The summed E-state index contributed by atoms with van der Waals surface area (Å²) in [6.07, 6.45) is -3.94. The van der Waals surface area contributed by atoms with Crippen molar-refractivity contribution in [3.63, 3.8) is 0 Å². The van der Waals surface area contributed by atoms with Crippen LogP contribution in [0.4, 0.5) is 13.2 Å². The van der Waals surface area contributed by atoms with Crippen molar-refractivity contribution < 1.29 is 22.7 Å². The first-order chi connectivity index (χ1) is 11.1. The Hall–Kier alpha value is -2.71. The Morgan fingerprint density at radius 1 is 1.29 bits per heavy atom. The normalized spacial score (nSPS) is 11.6. The van der Waals surface area contributed by atoms with E-state index in [9.17, 15) is 22.8 Å². The Kier molecular flexibility index (Phi) is 4.72. The van der Waals surface area contributed by atoms with Crippen LogP contribution in [0.25, 0.3) is 5.82 Å². The molecule has 0 fully saturated rings. The van der Waals surface area contributed by atoms with Gasteiger partial charge in [0.2, 0.25) is 0 Å². The number of ether oxygens (including phenoxy) is 1. The monoisotopic (exact) mass is 341 g/mol. The number of carbonyl (C=O) groups excluding carboxylic acids is 1. The number of aromatic nitrogens is 3. The van der Waals surface area contributed by atoms with Gasteiger partial charge in [0, 0.05) is 6.20 Å². The summed E-state index contributed by atoms with van der Waals surface area (Å²) < 4.78 is 43.2. The molecule has 9 heteroatoms. The smallest absolute Gasteiger partial charge is 0.417 e. The molecule has 2 rings (SSSR count). The molecule has 0 spiro atoms. The number of alkyl halides is 3. The van der Waals surface area contributed by atoms with Crippen molar-refractivity contribution in [2.24, 2.45) is 0 Å². The number of hydrogen-bond acceptors (Lipinski definition) is 5. The van der Waals surface area contributed by atoms with Crippen LogP contribution in [0.1, 0.15) is 41.4 Å². The van der Waals surface area contributed by atoms with E-state index in [0.29, 0.717) is 11.9 Å². The molecule has 0 aliphatic carbocycles. The van der Waals surface area contributed by atoms with Gasteiger partial charge in [-0.25, -0.2) is 9.78 Å². The van der Waals surface area contributed by atoms with Gasteiger partial charge in [-0.2, -0.15) is 23.0 Å². The lowest BCUT2D eigenvalue weighted by Crippen LogP contribution is -2.30. The highest BCUT2D eigenvalue weighted by atomic mass is 19.4. The molecule has 0 amide bonds. The summed E-state index contributed by atoms with van der Waals surface area (Å²) in [4.78, 5) is 27.7. The largest absolute Gasteiger partial charge is 0.465 e. The van der Waals surface area contributed by atoms with E-state index < -0.39 is 23.3 Å². The number of nitrogens with zero attached hydrogens (tertiary/aromatic N) is 3. The van der Waals surface area contributed by atoms with Crippen LogP contribution in [0.15, 0.2) is 29.2 Å². The van der Waals surface area contributed by atoms with Gasteiger partial charge in [0.25, 0.3) is 5.56 Å². The number of hydrogen-bond donors (Lipinski definition) is 0. The van der Waals surface area contributed by atoms with Crippen LogP contribution in [0.5, 0.6) is 0 Å². The number of methoxy groups -OCH3 is 1. The second-order valence-electron chi connectivity index (χ2n) is 5.25. The summed E-state index contributed by atoms with van der Waals surface area (Å²) in [5, 5.41) is 4.06. The summed E-state index contributed by atoms with van der Waals surface area (Å²) in [6.45, 7) is 3.58. The van der Waals surface area contributed by atoms with E-state index in [2.05, 4.69) is 14.8 Å². The zero-order valence-corrected chi connectivity index (χ0v) is 13.1. The summed E-state index contributed by atoms with van der Waals surface area (Å²) in [7, 11) is 1.12. The first-order valence-electron chi connectivity index (χ1n) is 6.91. The molecule has 0 saturated heterocycles. The van der Waals surface area contributed by atoms with Gasteiger partial charge in [-0.3, -0.25) is 4.79 Å². The van der Waals surface area contributed by atoms with E-state index in [1.165, 1.54) is 6.07 Å². The molecular weight excluding hydrogens is 327 g/mol. The maximum absolute atomic E-state index is 12.6. The first kappa shape index (κ1) is 17.6. The van der Waals surface area contributed by atoms with Crippen LogP contribution in [-0.2, 0) is 10.9 Å². The van der Waals surface area contributed by atoms with Crippen molar-refractivity contribution in [3.05, 3.63) is 51.6 Å². The highest BCUT2D eigenvalue weighted by Gasteiger charge is 2.31. The molecule has 0 N–H and O–H groups in total. The van der Waals surface area contributed by atoms with Crippen molar-refractivity contribution >= 4 is 5.97 Å². The Morgan fingerprint density at radius 3 is 2.42 bits per heavy atom. The fraction of sp³-hybridized carbons (Fsp3) is 0.333. The van der Waals surface area contributed by atoms with Gasteiger partial charge < -0.3 is 4.74 Å². The van der Waals surface area contributed by atoms with E-state index in [1.807, 2.05) is 0 Å². The molecule has 2 aromatic rings. The van der Waals surface area contributed by atoms with Crippen molar-refractivity contribution in [1.29, 1.82) is 0 Å². The van der Waals surface area contributed by atoms with Gasteiger partial charge in [0.1, 0.15) is 5.56 Å². The summed E-state index contributed by atoms with van der Waals surface area (Å²) in [5.74, 6) is -1.11. The molecule has 0 atom stereocenters. The maximum Gasteiger partial charge on any atom is 0.417 e. The molecular formula is C15H14F3N3O3. The Morgan fingerprint density at radius 2 is 1.96 bits per heavy atom. The topological polar surface area (TPSA) is 74.1 Å². The third-order valence-corrected chi connectivity index (χ3v) is 3.22. The van der Waals surface area contributed by atoms with Gasteiger partial charge in [-0.1, -0.05) is 13.8 Å². The number of rotatable bonds is 3. The fourth-order valence-corrected chi connectivity index (χ4v) is 1.89. The summed E-state index contributed by atoms with van der Waals surface area (Å²) in [5.41, 5.74) is -1.64. The quantitative estimate of drug-likeness (QED) is 0.802. The highest BCUT2D eigenvalue weighted by Crippen LogP contribution is 2.28. The summed E-state index contributed by atoms with van der Waals surface area (Å²) in [6, 6.07) is 3.11. The lowest BCUT2D eigenvalue weighted by atomic mass is 10.1. The minimum absolute atomic E-state index is 0.124. The van der Waals surface area contributed by atoms with Crippen molar-refractivity contribution in [3.8, 4) is 5.82 Å². The van der Waals surface area contributed by atoms with Crippen LogP contribution in [0.3, 0.4) is 0 Å². The van der Waals surface area contributed by atoms with Crippen LogP contribution in [0, 0.1) is 0 Å². The molecule has 0 aromatic carbocycles. The van der Waals surface area contributed by atoms with Crippen molar-refractivity contribution in [2.45, 2.75) is 25.9 Å². The standard InChI is InChI=1S/C15H14F3N3O3/c1-8(2)11-6-10(14(23)24-3)13(22)21(20-11)12-5-4-9(7-19-12)15(16,17)18/h4-8H,1-3H3. The van der Waals surface area contributed by atoms with E-state index in [-0.39, 0.29) is 17.3 Å². The number of esters is 1. The molecule has 0 unspecified atom stereocenters. The fourth-order valence-electron chi connectivity index (χ4n) is 1.89. The SMILES string of the molecule is COC(=O)c1cc(C(C)C)nn(-c2ccc(C(F)(F)F)cn2)c1=O. The van der Waals surface area contributed by atoms with Crippen LogP contribution >= 0.6 is 0 Å². The van der Waals surface area contributed by atoms with Crippen LogP contribution in [-0.4, -0.2) is 27.8 Å². The molecule has 0 bridgehead atoms. The molecule has 0 saturated carbocycles. The van der Waals surface area contributed by atoms with E-state index in [4.69, 9.17) is 0 Å². The molecule has 24 heavy (non-hydrogen) atoms. The van der Waals surface area contributed by atoms with E-state index >= 15 is 0 Å². The Labute approximate surface area is 134 Å². The Balaban J connectivity index is 2.63. The number of pyridine rings is 1. The third kappa shape index (κ3) is 3.44. The minimum atomic E-state index is -4.54. The van der Waals surface area contributed by atoms with Crippen molar-refractivity contribution in [2.75, 3.05) is 7.11 Å². The van der Waals surface area contributed by atoms with Crippen LogP contribution in [0.2, 0.25) is 0 Å². The molecule has 2 heterocycles. The predicted molar refractivity (Wildman–Crippen MR) is 78.1 cm³/mol. The molecule has 0 radical (unpaired) electrons. The van der Waals surface area contributed by atoms with Crippen LogP contribution < -0.4 is 5.56 Å².